The lowest BCUT2D eigenvalue weighted by Crippen LogP contribution is -1.79. The van der Waals surface area contributed by atoms with E-state index in [-0.39, 0.29) is 0 Å². The standard InChI is InChI=1S/C9H6N2S/c1-6-2-3-7(4-10)8-9(6)12-5-11-8/h2-3,5H,1H3. The van der Waals surface area contributed by atoms with Gasteiger partial charge in [0.05, 0.1) is 21.3 Å². The van der Waals surface area contributed by atoms with Gasteiger partial charge in [0, 0.05) is 0 Å². The molecular formula is C9H6N2S. The summed E-state index contributed by atoms with van der Waals surface area (Å²) in [5, 5.41) is 8.76. The third-order valence-corrected chi connectivity index (χ3v) is 2.76. The quantitative estimate of drug-likeness (QED) is 0.615. The second kappa shape index (κ2) is 2.58. The highest BCUT2D eigenvalue weighted by atomic mass is 32.1. The Morgan fingerprint density at radius 1 is 1.50 bits per heavy atom. The van der Waals surface area contributed by atoms with E-state index in [9.17, 15) is 0 Å². The fourth-order valence-electron chi connectivity index (χ4n) is 1.17. The minimum atomic E-state index is 0.664. The van der Waals surface area contributed by atoms with Gasteiger partial charge in [-0.1, -0.05) is 6.07 Å². The predicted octanol–water partition coefficient (Wildman–Crippen LogP) is 2.48. The summed E-state index contributed by atoms with van der Waals surface area (Å²) in [5.41, 5.74) is 4.46. The number of aryl methyl sites for hydroxylation is 1. The number of nitriles is 1. The van der Waals surface area contributed by atoms with Gasteiger partial charge in [0.1, 0.15) is 6.07 Å². The van der Waals surface area contributed by atoms with Crippen molar-refractivity contribution < 1.29 is 0 Å². The van der Waals surface area contributed by atoms with Crippen LogP contribution in [0.4, 0.5) is 0 Å². The van der Waals surface area contributed by atoms with Crippen LogP contribution in [0.3, 0.4) is 0 Å². The van der Waals surface area contributed by atoms with Crippen LogP contribution in [0.15, 0.2) is 17.6 Å². The van der Waals surface area contributed by atoms with Crippen LogP contribution in [0.1, 0.15) is 11.1 Å². The molecule has 2 nitrogen and oxygen atoms in total. The Balaban J connectivity index is 2.94. The molecule has 0 fully saturated rings. The van der Waals surface area contributed by atoms with Gasteiger partial charge < -0.3 is 0 Å². The molecule has 0 amide bonds. The molecule has 0 saturated heterocycles. The molecule has 0 spiro atoms. The first-order valence-corrected chi connectivity index (χ1v) is 4.44. The number of thiazole rings is 1. The zero-order valence-electron chi connectivity index (χ0n) is 6.53. The van der Waals surface area contributed by atoms with Crippen molar-refractivity contribution in [2.24, 2.45) is 0 Å². The van der Waals surface area contributed by atoms with E-state index in [1.165, 1.54) is 5.56 Å². The molecule has 0 aliphatic carbocycles. The molecule has 12 heavy (non-hydrogen) atoms. The SMILES string of the molecule is Cc1ccc(C#N)c2ncsc12. The average Bonchev–Trinajstić information content (AvgIpc) is 2.54. The van der Waals surface area contributed by atoms with Crippen LogP contribution in [0.25, 0.3) is 10.2 Å². The molecular weight excluding hydrogens is 168 g/mol. The van der Waals surface area contributed by atoms with Gasteiger partial charge in [-0.2, -0.15) is 5.26 Å². The first-order chi connectivity index (χ1) is 5.83. The van der Waals surface area contributed by atoms with Gasteiger partial charge >= 0.3 is 0 Å². The first-order valence-electron chi connectivity index (χ1n) is 3.56. The van der Waals surface area contributed by atoms with E-state index >= 15 is 0 Å². The zero-order chi connectivity index (χ0) is 8.55. The van der Waals surface area contributed by atoms with Gasteiger partial charge in [0.2, 0.25) is 0 Å². The third-order valence-electron chi connectivity index (χ3n) is 1.80. The number of fused-ring (bicyclic) bond motifs is 1. The molecule has 0 N–H and O–H groups in total. The predicted molar refractivity (Wildman–Crippen MR) is 49.1 cm³/mol. The maximum atomic E-state index is 8.76. The molecule has 0 aliphatic rings. The molecule has 2 aromatic rings. The van der Waals surface area contributed by atoms with Crippen molar-refractivity contribution in [2.45, 2.75) is 6.92 Å². The van der Waals surface area contributed by atoms with Crippen molar-refractivity contribution in [1.29, 1.82) is 5.26 Å². The lowest BCUT2D eigenvalue weighted by Gasteiger charge is -1.94. The van der Waals surface area contributed by atoms with E-state index in [1.807, 2.05) is 19.1 Å². The van der Waals surface area contributed by atoms with Crippen LogP contribution >= 0.6 is 11.3 Å². The second-order valence-corrected chi connectivity index (χ2v) is 3.43. The molecule has 0 aliphatic heterocycles. The molecule has 0 bridgehead atoms. The molecule has 1 heterocycles. The summed E-state index contributed by atoms with van der Waals surface area (Å²) in [5.74, 6) is 0. The summed E-state index contributed by atoms with van der Waals surface area (Å²) < 4.78 is 1.12. The summed E-state index contributed by atoms with van der Waals surface area (Å²) in [6.45, 7) is 2.03. The van der Waals surface area contributed by atoms with Gasteiger partial charge in [0.15, 0.2) is 0 Å². The van der Waals surface area contributed by atoms with Gasteiger partial charge in [-0.25, -0.2) is 4.98 Å². The Labute approximate surface area is 74.1 Å². The third kappa shape index (κ3) is 0.892. The van der Waals surface area contributed by atoms with E-state index in [4.69, 9.17) is 5.26 Å². The largest absolute Gasteiger partial charge is 0.243 e. The highest BCUT2D eigenvalue weighted by Crippen LogP contribution is 2.24. The smallest absolute Gasteiger partial charge is 0.101 e. The minimum Gasteiger partial charge on any atom is -0.243 e. The zero-order valence-corrected chi connectivity index (χ0v) is 7.35. The summed E-state index contributed by atoms with van der Waals surface area (Å²) in [4.78, 5) is 4.15. The molecule has 0 atom stereocenters. The average molecular weight is 174 g/mol. The fourth-order valence-corrected chi connectivity index (χ4v) is 1.96. The lowest BCUT2D eigenvalue weighted by molar-refractivity contribution is 1.43. The molecule has 3 heteroatoms. The maximum Gasteiger partial charge on any atom is 0.101 e. The molecule has 0 saturated carbocycles. The van der Waals surface area contributed by atoms with E-state index in [2.05, 4.69) is 11.1 Å². The normalized spacial score (nSPS) is 10.0. The summed E-state index contributed by atoms with van der Waals surface area (Å²) in [6.07, 6.45) is 0. The number of rotatable bonds is 0. The Kier molecular flexibility index (Phi) is 1.56. The van der Waals surface area contributed by atoms with Crippen molar-refractivity contribution in [2.75, 3.05) is 0 Å². The van der Waals surface area contributed by atoms with Crippen molar-refractivity contribution in [3.63, 3.8) is 0 Å². The number of nitrogens with zero attached hydrogens (tertiary/aromatic N) is 2. The van der Waals surface area contributed by atoms with Crippen molar-refractivity contribution in [3.05, 3.63) is 28.8 Å². The lowest BCUT2D eigenvalue weighted by atomic mass is 10.1. The van der Waals surface area contributed by atoms with Crippen molar-refractivity contribution >= 4 is 21.6 Å². The number of hydrogen-bond acceptors (Lipinski definition) is 3. The van der Waals surface area contributed by atoms with Gasteiger partial charge in [-0.3, -0.25) is 0 Å². The molecule has 1 aromatic carbocycles. The molecule has 58 valence electrons. The van der Waals surface area contributed by atoms with Crippen LogP contribution in [0.2, 0.25) is 0 Å². The van der Waals surface area contributed by atoms with Crippen LogP contribution in [0, 0.1) is 18.3 Å². The Bertz CT molecular complexity index is 465. The van der Waals surface area contributed by atoms with Crippen molar-refractivity contribution in [3.8, 4) is 6.07 Å². The van der Waals surface area contributed by atoms with Crippen LogP contribution < -0.4 is 0 Å². The molecule has 0 radical (unpaired) electrons. The van der Waals surface area contributed by atoms with Crippen LogP contribution in [-0.2, 0) is 0 Å². The number of aromatic nitrogens is 1. The fraction of sp³-hybridized carbons (Fsp3) is 0.111. The number of hydrogen-bond donors (Lipinski definition) is 0. The monoisotopic (exact) mass is 174 g/mol. The first kappa shape index (κ1) is 7.26. The van der Waals surface area contributed by atoms with E-state index in [0.29, 0.717) is 5.56 Å². The minimum absolute atomic E-state index is 0.664. The Morgan fingerprint density at radius 3 is 3.08 bits per heavy atom. The second-order valence-electron chi connectivity index (χ2n) is 2.57. The van der Waals surface area contributed by atoms with Crippen molar-refractivity contribution in [1.82, 2.24) is 4.98 Å². The van der Waals surface area contributed by atoms with Gasteiger partial charge in [-0.05, 0) is 18.6 Å². The highest BCUT2D eigenvalue weighted by Gasteiger charge is 2.04. The number of benzene rings is 1. The Morgan fingerprint density at radius 2 is 2.33 bits per heavy atom. The van der Waals surface area contributed by atoms with Gasteiger partial charge in [-0.15, -0.1) is 11.3 Å². The van der Waals surface area contributed by atoms with Crippen LogP contribution in [0.5, 0.6) is 0 Å². The molecule has 2 rings (SSSR count). The van der Waals surface area contributed by atoms with E-state index < -0.39 is 0 Å². The Hall–Kier alpha value is -1.40. The summed E-state index contributed by atoms with van der Waals surface area (Å²) >= 11 is 1.58. The molecule has 0 unspecified atom stereocenters. The van der Waals surface area contributed by atoms with E-state index in [0.717, 1.165) is 10.2 Å². The maximum absolute atomic E-state index is 8.76. The highest BCUT2D eigenvalue weighted by molar-refractivity contribution is 7.17. The molecule has 1 aromatic heterocycles. The van der Waals surface area contributed by atoms with Crippen LogP contribution in [-0.4, -0.2) is 4.98 Å². The summed E-state index contributed by atoms with van der Waals surface area (Å²) in [7, 11) is 0. The van der Waals surface area contributed by atoms with E-state index in [1.54, 1.807) is 16.8 Å². The van der Waals surface area contributed by atoms with Gasteiger partial charge in [0.25, 0.3) is 0 Å². The topological polar surface area (TPSA) is 36.7 Å². The summed E-state index contributed by atoms with van der Waals surface area (Å²) in [6, 6.07) is 5.90.